The summed E-state index contributed by atoms with van der Waals surface area (Å²) in [5, 5.41) is 0.747. The van der Waals surface area contributed by atoms with E-state index in [1.54, 1.807) is 7.05 Å². The number of aryl methyl sites for hydroxylation is 1. The van der Waals surface area contributed by atoms with Crippen molar-refractivity contribution in [3.63, 3.8) is 0 Å². The van der Waals surface area contributed by atoms with Crippen LogP contribution in [0.3, 0.4) is 0 Å². The van der Waals surface area contributed by atoms with Gasteiger partial charge >= 0.3 is 6.09 Å². The van der Waals surface area contributed by atoms with Crippen molar-refractivity contribution in [2.75, 3.05) is 14.2 Å². The number of carbonyl (C=O) groups excluding carboxylic acids is 1. The maximum Gasteiger partial charge on any atom is 0.412 e. The minimum atomic E-state index is -0.398. The van der Waals surface area contributed by atoms with Crippen molar-refractivity contribution >= 4 is 17.7 Å². The lowest BCUT2D eigenvalue weighted by Gasteiger charge is -2.22. The van der Waals surface area contributed by atoms with Gasteiger partial charge in [-0.3, -0.25) is 4.90 Å². The molecule has 1 aliphatic heterocycles. The van der Waals surface area contributed by atoms with E-state index in [1.807, 2.05) is 6.07 Å². The molecule has 2 aliphatic rings. The average molecular weight is 282 g/mol. The molecule has 1 aromatic carbocycles. The van der Waals surface area contributed by atoms with E-state index in [-0.39, 0.29) is 6.23 Å². The summed E-state index contributed by atoms with van der Waals surface area (Å²) >= 11 is 6.32. The van der Waals surface area contributed by atoms with Gasteiger partial charge in [0.2, 0.25) is 0 Å². The smallest absolute Gasteiger partial charge is 0.412 e. The number of methoxy groups -OCH3 is 1. The quantitative estimate of drug-likeness (QED) is 0.794. The lowest BCUT2D eigenvalue weighted by Crippen LogP contribution is -2.39. The van der Waals surface area contributed by atoms with Gasteiger partial charge in [0.15, 0.2) is 6.23 Å². The maximum absolute atomic E-state index is 11.6. The molecule has 1 unspecified atom stereocenters. The van der Waals surface area contributed by atoms with Crippen LogP contribution in [0.25, 0.3) is 0 Å². The zero-order valence-electron chi connectivity index (χ0n) is 11.0. The molecule has 1 aliphatic carbocycles. The summed E-state index contributed by atoms with van der Waals surface area (Å²) in [6, 6.07) is 2.05. The predicted octanol–water partition coefficient (Wildman–Crippen LogP) is 2.79. The van der Waals surface area contributed by atoms with Crippen molar-refractivity contribution < 1.29 is 14.3 Å². The highest BCUT2D eigenvalue weighted by Crippen LogP contribution is 2.43. The Labute approximate surface area is 117 Å². The van der Waals surface area contributed by atoms with Crippen LogP contribution in [0, 0.1) is 0 Å². The van der Waals surface area contributed by atoms with Crippen molar-refractivity contribution in [3.8, 4) is 5.75 Å². The number of amides is 1. The van der Waals surface area contributed by atoms with E-state index in [4.69, 9.17) is 21.1 Å². The first kappa shape index (κ1) is 12.6. The molecule has 102 valence electrons. The Bertz CT molecular complexity index is 544. The second kappa shape index (κ2) is 4.60. The van der Waals surface area contributed by atoms with Crippen LogP contribution >= 0.6 is 11.6 Å². The van der Waals surface area contributed by atoms with Crippen LogP contribution in [0.1, 0.15) is 23.1 Å². The van der Waals surface area contributed by atoms with E-state index in [2.05, 4.69) is 0 Å². The van der Waals surface area contributed by atoms with Crippen LogP contribution in [-0.2, 0) is 24.0 Å². The molecule has 0 N–H and O–H groups in total. The number of ether oxygens (including phenoxy) is 2. The zero-order valence-corrected chi connectivity index (χ0v) is 11.8. The third-order valence-corrected chi connectivity index (χ3v) is 4.26. The maximum atomic E-state index is 11.6. The molecule has 3 rings (SSSR count). The third-order valence-electron chi connectivity index (χ3n) is 3.93. The van der Waals surface area contributed by atoms with Gasteiger partial charge in [0, 0.05) is 24.1 Å². The Morgan fingerprint density at radius 1 is 1.47 bits per heavy atom. The van der Waals surface area contributed by atoms with Crippen molar-refractivity contribution in [1.29, 1.82) is 0 Å². The number of benzene rings is 1. The van der Waals surface area contributed by atoms with Gasteiger partial charge < -0.3 is 9.47 Å². The SMILES string of the molecule is COC(=O)N(C)C1Cc2c(Cl)cc3c(c2O1)CCC3. The van der Waals surface area contributed by atoms with Crippen molar-refractivity contribution in [1.82, 2.24) is 4.90 Å². The summed E-state index contributed by atoms with van der Waals surface area (Å²) in [6.07, 6.45) is 3.13. The molecule has 4 nitrogen and oxygen atoms in total. The number of hydrogen-bond acceptors (Lipinski definition) is 3. The van der Waals surface area contributed by atoms with Gasteiger partial charge in [-0.2, -0.15) is 0 Å². The van der Waals surface area contributed by atoms with Crippen LogP contribution in [-0.4, -0.2) is 31.4 Å². The molecule has 0 aromatic heterocycles. The number of nitrogens with zero attached hydrogens (tertiary/aromatic N) is 1. The molecule has 19 heavy (non-hydrogen) atoms. The molecule has 0 saturated heterocycles. The lowest BCUT2D eigenvalue weighted by molar-refractivity contribution is 0.0504. The molecule has 0 saturated carbocycles. The molecule has 1 aromatic rings. The molecule has 1 atom stereocenters. The topological polar surface area (TPSA) is 38.8 Å². The fourth-order valence-corrected chi connectivity index (χ4v) is 3.17. The normalized spacial score (nSPS) is 19.6. The van der Waals surface area contributed by atoms with Gasteiger partial charge in [-0.1, -0.05) is 11.6 Å². The summed E-state index contributed by atoms with van der Waals surface area (Å²) < 4.78 is 10.7. The number of fused-ring (bicyclic) bond motifs is 3. The highest BCUT2D eigenvalue weighted by atomic mass is 35.5. The molecular weight excluding hydrogens is 266 g/mol. The number of carbonyl (C=O) groups is 1. The highest BCUT2D eigenvalue weighted by Gasteiger charge is 2.34. The Hall–Kier alpha value is -1.42. The van der Waals surface area contributed by atoms with Crippen LogP contribution in [0.15, 0.2) is 6.07 Å². The second-order valence-corrected chi connectivity index (χ2v) is 5.42. The van der Waals surface area contributed by atoms with Gasteiger partial charge in [0.25, 0.3) is 0 Å². The number of halogens is 1. The first-order valence-corrected chi connectivity index (χ1v) is 6.80. The number of likely N-dealkylation sites (N-methyl/N-ethyl adjacent to an activating group) is 1. The summed E-state index contributed by atoms with van der Waals surface area (Å²) in [5.41, 5.74) is 3.56. The van der Waals surface area contributed by atoms with E-state index in [1.165, 1.54) is 23.1 Å². The minimum absolute atomic E-state index is 0.327. The van der Waals surface area contributed by atoms with Gasteiger partial charge in [0.1, 0.15) is 5.75 Å². The standard InChI is InChI=1S/C14H16ClNO3/c1-16(14(17)18-2)12-7-10-11(15)6-8-4-3-5-9(8)13(10)19-12/h6,12H,3-5,7H2,1-2H3. The van der Waals surface area contributed by atoms with Crippen molar-refractivity contribution in [2.24, 2.45) is 0 Å². The molecule has 0 fully saturated rings. The first-order valence-electron chi connectivity index (χ1n) is 6.42. The highest BCUT2D eigenvalue weighted by molar-refractivity contribution is 6.31. The molecule has 5 heteroatoms. The third kappa shape index (κ3) is 1.94. The van der Waals surface area contributed by atoms with Gasteiger partial charge in [-0.15, -0.1) is 0 Å². The van der Waals surface area contributed by atoms with Crippen molar-refractivity contribution in [3.05, 3.63) is 27.8 Å². The van der Waals surface area contributed by atoms with Crippen LogP contribution in [0.2, 0.25) is 5.02 Å². The molecular formula is C14H16ClNO3. The summed E-state index contributed by atoms with van der Waals surface area (Å²) in [4.78, 5) is 13.0. The van der Waals surface area contributed by atoms with Gasteiger partial charge in [0.05, 0.1) is 7.11 Å². The molecule has 0 radical (unpaired) electrons. The monoisotopic (exact) mass is 281 g/mol. The number of rotatable bonds is 1. The number of hydrogen-bond donors (Lipinski definition) is 0. The molecule has 1 heterocycles. The van der Waals surface area contributed by atoms with E-state index in [9.17, 15) is 4.79 Å². The fraction of sp³-hybridized carbons (Fsp3) is 0.500. The predicted molar refractivity (Wildman–Crippen MR) is 71.8 cm³/mol. The molecule has 0 bridgehead atoms. The Balaban J connectivity index is 1.92. The van der Waals surface area contributed by atoms with Gasteiger partial charge in [-0.25, -0.2) is 4.79 Å². The van der Waals surface area contributed by atoms with Crippen LogP contribution in [0.4, 0.5) is 4.79 Å². The second-order valence-electron chi connectivity index (χ2n) is 5.01. The van der Waals surface area contributed by atoms with E-state index < -0.39 is 6.09 Å². The average Bonchev–Trinajstić information content (AvgIpc) is 3.02. The van der Waals surface area contributed by atoms with Crippen LogP contribution < -0.4 is 4.74 Å². The summed E-state index contributed by atoms with van der Waals surface area (Å²) in [5.74, 6) is 0.890. The summed E-state index contributed by atoms with van der Waals surface area (Å²) in [7, 11) is 3.04. The van der Waals surface area contributed by atoms with E-state index >= 15 is 0 Å². The molecule has 1 amide bonds. The largest absolute Gasteiger partial charge is 0.469 e. The lowest BCUT2D eigenvalue weighted by atomic mass is 10.0. The van der Waals surface area contributed by atoms with E-state index in [0.29, 0.717) is 6.42 Å². The fourth-order valence-electron chi connectivity index (χ4n) is 2.88. The Morgan fingerprint density at radius 3 is 3.00 bits per heavy atom. The Kier molecular flexibility index (Phi) is 3.05. The van der Waals surface area contributed by atoms with Crippen molar-refractivity contribution in [2.45, 2.75) is 31.9 Å². The summed E-state index contributed by atoms with van der Waals surface area (Å²) in [6.45, 7) is 0. The Morgan fingerprint density at radius 2 is 2.26 bits per heavy atom. The van der Waals surface area contributed by atoms with Crippen LogP contribution in [0.5, 0.6) is 5.75 Å². The van der Waals surface area contributed by atoms with Gasteiger partial charge in [-0.05, 0) is 36.5 Å². The minimum Gasteiger partial charge on any atom is -0.469 e. The first-order chi connectivity index (χ1) is 9.11. The molecule has 0 spiro atoms. The van der Waals surface area contributed by atoms with E-state index in [0.717, 1.165) is 35.6 Å². The zero-order chi connectivity index (χ0) is 13.6.